The van der Waals surface area contributed by atoms with Crippen molar-refractivity contribution in [3.63, 3.8) is 0 Å². The molecule has 0 amide bonds. The average Bonchev–Trinajstić information content (AvgIpc) is 2.83. The first kappa shape index (κ1) is 13.5. The molecule has 2 N–H and O–H groups in total. The Balaban J connectivity index is 2.11. The van der Waals surface area contributed by atoms with Crippen molar-refractivity contribution >= 4 is 0 Å². The standard InChI is InChI=1S/C15H19NO3/c1-3-17-12-5-4-6-13(9-12)19-15(10-16)14-8-7-11(2)18-14/h4-9,15H,3,10,16H2,1-2H3. The van der Waals surface area contributed by atoms with Gasteiger partial charge in [0.2, 0.25) is 0 Å². The van der Waals surface area contributed by atoms with Gasteiger partial charge in [0.15, 0.2) is 6.10 Å². The third-order valence-electron chi connectivity index (χ3n) is 2.69. The van der Waals surface area contributed by atoms with E-state index in [9.17, 15) is 0 Å². The van der Waals surface area contributed by atoms with Crippen LogP contribution in [0.4, 0.5) is 0 Å². The first-order chi connectivity index (χ1) is 9.22. The van der Waals surface area contributed by atoms with Crippen molar-refractivity contribution in [2.45, 2.75) is 20.0 Å². The fraction of sp³-hybridized carbons (Fsp3) is 0.333. The van der Waals surface area contributed by atoms with Gasteiger partial charge in [0.1, 0.15) is 23.0 Å². The summed E-state index contributed by atoms with van der Waals surface area (Å²) in [7, 11) is 0. The molecule has 102 valence electrons. The van der Waals surface area contributed by atoms with E-state index in [-0.39, 0.29) is 6.10 Å². The fourth-order valence-corrected chi connectivity index (χ4v) is 1.82. The minimum atomic E-state index is -0.287. The van der Waals surface area contributed by atoms with E-state index < -0.39 is 0 Å². The maximum absolute atomic E-state index is 5.85. The van der Waals surface area contributed by atoms with Crippen molar-refractivity contribution in [2.24, 2.45) is 5.73 Å². The Bertz CT molecular complexity index is 522. The lowest BCUT2D eigenvalue weighted by atomic mass is 10.2. The number of hydrogen-bond acceptors (Lipinski definition) is 4. The van der Waals surface area contributed by atoms with Crippen molar-refractivity contribution in [3.05, 3.63) is 47.9 Å². The van der Waals surface area contributed by atoms with Crippen LogP contribution in [-0.2, 0) is 0 Å². The highest BCUT2D eigenvalue weighted by Crippen LogP contribution is 2.26. The molecule has 1 atom stereocenters. The predicted molar refractivity (Wildman–Crippen MR) is 73.5 cm³/mol. The predicted octanol–water partition coefficient (Wildman–Crippen LogP) is 3.07. The largest absolute Gasteiger partial charge is 0.494 e. The van der Waals surface area contributed by atoms with Crippen LogP contribution in [0.25, 0.3) is 0 Å². The number of aryl methyl sites for hydroxylation is 1. The Kier molecular flexibility index (Phi) is 4.47. The Hall–Kier alpha value is -1.94. The summed E-state index contributed by atoms with van der Waals surface area (Å²) >= 11 is 0. The van der Waals surface area contributed by atoms with E-state index >= 15 is 0 Å². The van der Waals surface area contributed by atoms with Crippen LogP contribution in [0.3, 0.4) is 0 Å². The molecule has 1 unspecified atom stereocenters. The van der Waals surface area contributed by atoms with E-state index in [0.717, 1.165) is 23.0 Å². The first-order valence-electron chi connectivity index (χ1n) is 6.39. The number of rotatable bonds is 6. The molecule has 0 saturated carbocycles. The molecule has 0 radical (unpaired) electrons. The third-order valence-corrected chi connectivity index (χ3v) is 2.69. The maximum Gasteiger partial charge on any atom is 0.168 e. The van der Waals surface area contributed by atoms with Crippen LogP contribution in [0, 0.1) is 6.92 Å². The van der Waals surface area contributed by atoms with E-state index in [2.05, 4.69) is 0 Å². The SMILES string of the molecule is CCOc1cccc(OC(CN)c2ccc(C)o2)c1. The molecule has 2 aromatic rings. The molecule has 4 nitrogen and oxygen atoms in total. The van der Waals surface area contributed by atoms with Crippen molar-refractivity contribution < 1.29 is 13.9 Å². The van der Waals surface area contributed by atoms with Crippen LogP contribution < -0.4 is 15.2 Å². The second-order valence-electron chi connectivity index (χ2n) is 4.20. The molecule has 19 heavy (non-hydrogen) atoms. The van der Waals surface area contributed by atoms with Gasteiger partial charge >= 0.3 is 0 Å². The molecule has 0 bridgehead atoms. The van der Waals surface area contributed by atoms with Crippen LogP contribution in [0.2, 0.25) is 0 Å². The van der Waals surface area contributed by atoms with E-state index in [1.807, 2.05) is 50.2 Å². The first-order valence-corrected chi connectivity index (χ1v) is 6.39. The molecule has 0 aliphatic rings. The highest BCUT2D eigenvalue weighted by atomic mass is 16.5. The van der Waals surface area contributed by atoms with Gasteiger partial charge in [-0.1, -0.05) is 6.07 Å². The lowest BCUT2D eigenvalue weighted by molar-refractivity contribution is 0.181. The monoisotopic (exact) mass is 261 g/mol. The van der Waals surface area contributed by atoms with Crippen molar-refractivity contribution in [3.8, 4) is 11.5 Å². The van der Waals surface area contributed by atoms with E-state index in [0.29, 0.717) is 13.2 Å². The zero-order chi connectivity index (χ0) is 13.7. The van der Waals surface area contributed by atoms with E-state index in [4.69, 9.17) is 19.6 Å². The second-order valence-corrected chi connectivity index (χ2v) is 4.20. The van der Waals surface area contributed by atoms with Crippen LogP contribution in [0.15, 0.2) is 40.8 Å². The zero-order valence-electron chi connectivity index (χ0n) is 11.3. The quantitative estimate of drug-likeness (QED) is 0.868. The topological polar surface area (TPSA) is 57.6 Å². The molecule has 0 aliphatic carbocycles. The Morgan fingerprint density at radius 3 is 2.63 bits per heavy atom. The normalized spacial score (nSPS) is 12.2. The molecular formula is C15H19NO3. The van der Waals surface area contributed by atoms with Gasteiger partial charge in [-0.2, -0.15) is 0 Å². The fourth-order valence-electron chi connectivity index (χ4n) is 1.82. The molecule has 1 heterocycles. The van der Waals surface area contributed by atoms with Gasteiger partial charge in [-0.15, -0.1) is 0 Å². The van der Waals surface area contributed by atoms with Crippen molar-refractivity contribution in [2.75, 3.05) is 13.2 Å². The van der Waals surface area contributed by atoms with Crippen LogP contribution in [0.5, 0.6) is 11.5 Å². The molecule has 2 rings (SSSR count). The highest BCUT2D eigenvalue weighted by molar-refractivity contribution is 5.33. The Morgan fingerprint density at radius 1 is 1.21 bits per heavy atom. The molecule has 1 aromatic carbocycles. The lowest BCUT2D eigenvalue weighted by Crippen LogP contribution is -2.17. The minimum Gasteiger partial charge on any atom is -0.494 e. The molecule has 0 aliphatic heterocycles. The number of hydrogen-bond donors (Lipinski definition) is 1. The van der Waals surface area contributed by atoms with Crippen molar-refractivity contribution in [1.82, 2.24) is 0 Å². The number of nitrogens with two attached hydrogens (primary N) is 1. The summed E-state index contributed by atoms with van der Waals surface area (Å²) in [4.78, 5) is 0. The summed E-state index contributed by atoms with van der Waals surface area (Å²) in [5.41, 5.74) is 5.74. The van der Waals surface area contributed by atoms with Crippen LogP contribution in [-0.4, -0.2) is 13.2 Å². The average molecular weight is 261 g/mol. The Labute approximate surface area is 113 Å². The molecule has 0 fully saturated rings. The van der Waals surface area contributed by atoms with Gasteiger partial charge in [0, 0.05) is 12.6 Å². The number of furan rings is 1. The van der Waals surface area contributed by atoms with Gasteiger partial charge in [0.25, 0.3) is 0 Å². The molecule has 4 heteroatoms. The summed E-state index contributed by atoms with van der Waals surface area (Å²) in [5.74, 6) is 3.09. The number of benzene rings is 1. The summed E-state index contributed by atoms with van der Waals surface area (Å²) < 4.78 is 16.8. The molecule has 0 saturated heterocycles. The lowest BCUT2D eigenvalue weighted by Gasteiger charge is -2.16. The smallest absolute Gasteiger partial charge is 0.168 e. The molecule has 1 aromatic heterocycles. The Morgan fingerprint density at radius 2 is 2.00 bits per heavy atom. The van der Waals surface area contributed by atoms with E-state index in [1.54, 1.807) is 0 Å². The summed E-state index contributed by atoms with van der Waals surface area (Å²) in [6.07, 6.45) is -0.287. The van der Waals surface area contributed by atoms with Crippen molar-refractivity contribution in [1.29, 1.82) is 0 Å². The third kappa shape index (κ3) is 3.51. The zero-order valence-corrected chi connectivity index (χ0v) is 11.3. The minimum absolute atomic E-state index is 0.287. The molecule has 0 spiro atoms. The van der Waals surface area contributed by atoms with Gasteiger partial charge in [-0.25, -0.2) is 0 Å². The summed E-state index contributed by atoms with van der Waals surface area (Å²) in [6, 6.07) is 11.3. The summed E-state index contributed by atoms with van der Waals surface area (Å²) in [6.45, 7) is 4.82. The molecular weight excluding hydrogens is 242 g/mol. The highest BCUT2D eigenvalue weighted by Gasteiger charge is 2.15. The van der Waals surface area contributed by atoms with Crippen LogP contribution in [0.1, 0.15) is 24.5 Å². The van der Waals surface area contributed by atoms with Gasteiger partial charge < -0.3 is 19.6 Å². The number of ether oxygens (including phenoxy) is 2. The maximum atomic E-state index is 5.85. The second kappa shape index (κ2) is 6.29. The summed E-state index contributed by atoms with van der Waals surface area (Å²) in [5, 5.41) is 0. The van der Waals surface area contributed by atoms with E-state index in [1.165, 1.54) is 0 Å². The van der Waals surface area contributed by atoms with Gasteiger partial charge in [-0.05, 0) is 38.1 Å². The van der Waals surface area contributed by atoms with Crippen LogP contribution >= 0.6 is 0 Å². The van der Waals surface area contributed by atoms with Gasteiger partial charge in [0.05, 0.1) is 6.61 Å². The van der Waals surface area contributed by atoms with Gasteiger partial charge in [-0.3, -0.25) is 0 Å².